The van der Waals surface area contributed by atoms with Crippen molar-refractivity contribution >= 4 is 23.9 Å². The molecule has 0 heterocycles. The molecule has 0 saturated carbocycles. The second-order valence-corrected chi connectivity index (χ2v) is 8.11. The maximum atomic E-state index is 12.3. The minimum Gasteiger partial charge on any atom is -0.469 e. The lowest BCUT2D eigenvalue weighted by molar-refractivity contribution is -0.145. The molecule has 1 atom stereocenters. The molecule has 1 aliphatic rings. The number of hydrogen-bond donors (Lipinski definition) is 2. The number of ether oxygens (including phenoxy) is 3. The van der Waals surface area contributed by atoms with E-state index in [-0.39, 0.29) is 38.3 Å². The molecule has 0 saturated heterocycles. The molecular weight excluding hydrogens is 452 g/mol. The van der Waals surface area contributed by atoms with Gasteiger partial charge in [0.05, 0.1) is 14.2 Å². The van der Waals surface area contributed by atoms with Gasteiger partial charge in [0.2, 0.25) is 5.91 Å². The zero-order valence-corrected chi connectivity index (χ0v) is 19.9. The summed E-state index contributed by atoms with van der Waals surface area (Å²) in [4.78, 5) is 47.6. The van der Waals surface area contributed by atoms with Crippen LogP contribution in [0.1, 0.15) is 42.7 Å². The summed E-state index contributed by atoms with van der Waals surface area (Å²) in [5.74, 6) is -1.49. The van der Waals surface area contributed by atoms with Crippen LogP contribution in [0.5, 0.6) is 0 Å². The van der Waals surface area contributed by atoms with Gasteiger partial charge < -0.3 is 24.8 Å². The standard InChI is InChI=1S/C26H30N2O7/c1-33-24(30)13-7-12-23(29)28-22(25(31)34-2)14-15-27-26(32)35-16-21-19-10-5-3-8-17(19)18-9-4-6-11-20(18)21/h3-6,8-11,21-22H,7,12-16H2,1-2H3,(H,27,32)(H,28,29)/t22-/m1/s1. The molecule has 35 heavy (non-hydrogen) atoms. The molecule has 0 fully saturated rings. The summed E-state index contributed by atoms with van der Waals surface area (Å²) in [5, 5.41) is 5.20. The van der Waals surface area contributed by atoms with E-state index in [1.807, 2.05) is 36.4 Å². The summed E-state index contributed by atoms with van der Waals surface area (Å²) in [7, 11) is 2.50. The fourth-order valence-electron chi connectivity index (χ4n) is 4.12. The van der Waals surface area contributed by atoms with Gasteiger partial charge in [-0.2, -0.15) is 0 Å². The van der Waals surface area contributed by atoms with Crippen molar-refractivity contribution in [2.75, 3.05) is 27.4 Å². The number of fused-ring (bicyclic) bond motifs is 3. The van der Waals surface area contributed by atoms with Gasteiger partial charge in [0.1, 0.15) is 12.6 Å². The Balaban J connectivity index is 1.46. The summed E-state index contributed by atoms with van der Waals surface area (Å²) in [6.45, 7) is 0.274. The molecule has 2 aromatic carbocycles. The summed E-state index contributed by atoms with van der Waals surface area (Å²) in [6.07, 6.45) is -0.0253. The Labute approximate surface area is 204 Å². The number of hydrogen-bond acceptors (Lipinski definition) is 7. The van der Waals surface area contributed by atoms with Crippen molar-refractivity contribution in [2.24, 2.45) is 0 Å². The highest BCUT2D eigenvalue weighted by atomic mass is 16.5. The molecule has 2 aromatic rings. The number of nitrogens with one attached hydrogen (secondary N) is 2. The average molecular weight is 483 g/mol. The monoisotopic (exact) mass is 482 g/mol. The van der Waals surface area contributed by atoms with E-state index in [4.69, 9.17) is 9.47 Å². The molecule has 0 aromatic heterocycles. The van der Waals surface area contributed by atoms with Gasteiger partial charge in [-0.1, -0.05) is 48.5 Å². The highest BCUT2D eigenvalue weighted by molar-refractivity contribution is 5.84. The van der Waals surface area contributed by atoms with Crippen LogP contribution in [0.15, 0.2) is 48.5 Å². The molecule has 0 spiro atoms. The van der Waals surface area contributed by atoms with Gasteiger partial charge >= 0.3 is 18.0 Å². The topological polar surface area (TPSA) is 120 Å². The minimum atomic E-state index is -0.931. The Bertz CT molecular complexity index is 1020. The minimum absolute atomic E-state index is 0.0553. The lowest BCUT2D eigenvalue weighted by atomic mass is 9.98. The number of rotatable bonds is 11. The number of amides is 2. The summed E-state index contributed by atoms with van der Waals surface area (Å²) in [6, 6.07) is 15.2. The van der Waals surface area contributed by atoms with Gasteiger partial charge in [0.25, 0.3) is 0 Å². The molecular formula is C26H30N2O7. The predicted octanol–water partition coefficient (Wildman–Crippen LogP) is 2.92. The van der Waals surface area contributed by atoms with Crippen LogP contribution in [0.2, 0.25) is 0 Å². The van der Waals surface area contributed by atoms with Gasteiger partial charge in [-0.15, -0.1) is 0 Å². The third-order valence-corrected chi connectivity index (χ3v) is 5.88. The lowest BCUT2D eigenvalue weighted by Crippen LogP contribution is -2.43. The lowest BCUT2D eigenvalue weighted by Gasteiger charge is -2.17. The molecule has 1 aliphatic carbocycles. The van der Waals surface area contributed by atoms with Crippen LogP contribution < -0.4 is 10.6 Å². The molecule has 3 rings (SSSR count). The van der Waals surface area contributed by atoms with Gasteiger partial charge in [-0.3, -0.25) is 9.59 Å². The molecule has 0 unspecified atom stereocenters. The molecule has 186 valence electrons. The number of esters is 2. The zero-order chi connectivity index (χ0) is 25.2. The Morgan fingerprint density at radius 1 is 0.886 bits per heavy atom. The smallest absolute Gasteiger partial charge is 0.407 e. The number of benzene rings is 2. The van der Waals surface area contributed by atoms with Crippen molar-refractivity contribution in [1.29, 1.82) is 0 Å². The van der Waals surface area contributed by atoms with Gasteiger partial charge in [-0.05, 0) is 35.1 Å². The first-order valence-electron chi connectivity index (χ1n) is 11.5. The second kappa shape index (κ2) is 12.5. The van der Waals surface area contributed by atoms with Crippen molar-refractivity contribution in [3.05, 3.63) is 59.7 Å². The Morgan fingerprint density at radius 3 is 2.11 bits per heavy atom. The highest BCUT2D eigenvalue weighted by Gasteiger charge is 2.29. The van der Waals surface area contributed by atoms with Crippen LogP contribution in [0.3, 0.4) is 0 Å². The van der Waals surface area contributed by atoms with Crippen LogP contribution in [-0.4, -0.2) is 57.4 Å². The van der Waals surface area contributed by atoms with E-state index in [0.717, 1.165) is 22.3 Å². The molecule has 2 amide bonds. The fourth-order valence-corrected chi connectivity index (χ4v) is 4.12. The molecule has 0 aliphatic heterocycles. The molecule has 0 bridgehead atoms. The average Bonchev–Trinajstić information content (AvgIpc) is 3.20. The maximum Gasteiger partial charge on any atom is 0.407 e. The third kappa shape index (κ3) is 6.81. The quantitative estimate of drug-likeness (QED) is 0.373. The summed E-state index contributed by atoms with van der Waals surface area (Å²) in [5.41, 5.74) is 4.50. The molecule has 0 radical (unpaired) electrons. The maximum absolute atomic E-state index is 12.3. The van der Waals surface area contributed by atoms with E-state index >= 15 is 0 Å². The first kappa shape index (κ1) is 25.7. The summed E-state index contributed by atoms with van der Waals surface area (Å²) < 4.78 is 14.8. The van der Waals surface area contributed by atoms with Crippen LogP contribution in [0.4, 0.5) is 4.79 Å². The zero-order valence-electron chi connectivity index (χ0n) is 19.9. The van der Waals surface area contributed by atoms with E-state index in [2.05, 4.69) is 27.5 Å². The normalized spacial score (nSPS) is 12.6. The molecule has 9 heteroatoms. The van der Waals surface area contributed by atoms with Gasteiger partial charge in [-0.25, -0.2) is 9.59 Å². The molecule has 2 N–H and O–H groups in total. The van der Waals surface area contributed by atoms with Crippen LogP contribution in [0.25, 0.3) is 11.1 Å². The number of carbonyl (C=O) groups is 4. The largest absolute Gasteiger partial charge is 0.469 e. The third-order valence-electron chi connectivity index (χ3n) is 5.88. The number of alkyl carbamates (subject to hydrolysis) is 1. The predicted molar refractivity (Wildman–Crippen MR) is 128 cm³/mol. The van der Waals surface area contributed by atoms with Crippen molar-refractivity contribution in [3.8, 4) is 11.1 Å². The SMILES string of the molecule is COC(=O)CCCC(=O)N[C@H](CCNC(=O)OCC1c2ccccc2-c2ccccc21)C(=O)OC. The Hall–Kier alpha value is -3.88. The van der Waals surface area contributed by atoms with Gasteiger partial charge in [0.15, 0.2) is 0 Å². The highest BCUT2D eigenvalue weighted by Crippen LogP contribution is 2.44. The van der Waals surface area contributed by atoms with Crippen molar-refractivity contribution in [1.82, 2.24) is 10.6 Å². The first-order chi connectivity index (χ1) is 16.9. The van der Waals surface area contributed by atoms with E-state index in [9.17, 15) is 19.2 Å². The second-order valence-electron chi connectivity index (χ2n) is 8.11. The van der Waals surface area contributed by atoms with E-state index < -0.39 is 30.0 Å². The Morgan fingerprint density at radius 2 is 1.51 bits per heavy atom. The van der Waals surface area contributed by atoms with Crippen LogP contribution in [-0.2, 0) is 28.6 Å². The van der Waals surface area contributed by atoms with Crippen molar-refractivity contribution < 1.29 is 33.4 Å². The van der Waals surface area contributed by atoms with Gasteiger partial charge in [0, 0.05) is 25.3 Å². The number of carbonyl (C=O) groups excluding carboxylic acids is 4. The first-order valence-corrected chi connectivity index (χ1v) is 11.5. The fraction of sp³-hybridized carbons (Fsp3) is 0.385. The van der Waals surface area contributed by atoms with Crippen molar-refractivity contribution in [3.63, 3.8) is 0 Å². The summed E-state index contributed by atoms with van der Waals surface area (Å²) >= 11 is 0. The van der Waals surface area contributed by atoms with E-state index in [1.54, 1.807) is 0 Å². The van der Waals surface area contributed by atoms with E-state index in [1.165, 1.54) is 14.2 Å². The van der Waals surface area contributed by atoms with Crippen LogP contribution in [0, 0.1) is 0 Å². The number of methoxy groups -OCH3 is 2. The Kier molecular flexibility index (Phi) is 9.23. The molecule has 9 nitrogen and oxygen atoms in total. The van der Waals surface area contributed by atoms with Crippen molar-refractivity contribution in [2.45, 2.75) is 37.6 Å². The van der Waals surface area contributed by atoms with E-state index in [0.29, 0.717) is 6.42 Å². The van der Waals surface area contributed by atoms with Crippen LogP contribution >= 0.6 is 0 Å².